The second-order valence-electron chi connectivity index (χ2n) is 10.0. The summed E-state index contributed by atoms with van der Waals surface area (Å²) >= 11 is 0. The highest BCUT2D eigenvalue weighted by atomic mass is 15.2. The molecule has 1 fully saturated rings. The van der Waals surface area contributed by atoms with E-state index in [2.05, 4.69) is 65.3 Å². The Hall–Kier alpha value is -3.58. The van der Waals surface area contributed by atoms with E-state index < -0.39 is 0 Å². The average Bonchev–Trinajstić information content (AvgIpc) is 3.06. The Kier molecular flexibility index (Phi) is 8.66. The molecule has 37 heavy (non-hydrogen) atoms. The van der Waals surface area contributed by atoms with Gasteiger partial charge in [-0.25, -0.2) is 9.98 Å². The molecule has 7 nitrogen and oxygen atoms in total. The molecule has 2 aliphatic heterocycles. The van der Waals surface area contributed by atoms with Crippen molar-refractivity contribution >= 4 is 34.8 Å². The number of aliphatic imine (C=N–C) groups is 1. The summed E-state index contributed by atoms with van der Waals surface area (Å²) in [6.07, 6.45) is 8.95. The Morgan fingerprint density at radius 1 is 1.16 bits per heavy atom. The normalized spacial score (nSPS) is 17.3. The molecular weight excluding hydrogens is 458 g/mol. The number of nitrogens with zero attached hydrogens (tertiary/aromatic N) is 4. The van der Waals surface area contributed by atoms with Gasteiger partial charge >= 0.3 is 0 Å². The minimum absolute atomic E-state index is 0.216. The number of hydrogen-bond donors (Lipinski definition) is 3. The van der Waals surface area contributed by atoms with E-state index in [9.17, 15) is 0 Å². The number of benzene rings is 1. The number of rotatable bonds is 10. The average molecular weight is 500 g/mol. The lowest BCUT2D eigenvalue weighted by Crippen LogP contribution is -2.43. The summed E-state index contributed by atoms with van der Waals surface area (Å²) in [4.78, 5) is 14.0. The lowest BCUT2D eigenvalue weighted by Gasteiger charge is -2.31. The summed E-state index contributed by atoms with van der Waals surface area (Å²) in [5.41, 5.74) is 19.1. The van der Waals surface area contributed by atoms with Gasteiger partial charge < -0.3 is 26.6 Å². The largest absolute Gasteiger partial charge is 0.387 e. The van der Waals surface area contributed by atoms with E-state index in [-0.39, 0.29) is 6.04 Å². The number of nitrogens with two attached hydrogens (primary N) is 2. The first-order valence-electron chi connectivity index (χ1n) is 13.4. The third kappa shape index (κ3) is 6.60. The molecule has 7 heteroatoms. The van der Waals surface area contributed by atoms with E-state index in [0.717, 1.165) is 97.1 Å². The topological polar surface area (TPSA) is 95.8 Å². The van der Waals surface area contributed by atoms with Crippen molar-refractivity contribution in [3.63, 3.8) is 0 Å². The van der Waals surface area contributed by atoms with Crippen LogP contribution in [0.1, 0.15) is 57.1 Å². The fraction of sp³-hybridized carbons (Fsp3) is 0.400. The molecular formula is C30H41N7. The van der Waals surface area contributed by atoms with Gasteiger partial charge in [0.1, 0.15) is 11.7 Å². The van der Waals surface area contributed by atoms with Crippen molar-refractivity contribution < 1.29 is 0 Å². The van der Waals surface area contributed by atoms with Crippen LogP contribution in [0, 0.1) is 0 Å². The summed E-state index contributed by atoms with van der Waals surface area (Å²) in [5.74, 6) is 1.55. The minimum Gasteiger partial charge on any atom is -0.387 e. The maximum atomic E-state index is 6.35. The molecule has 3 heterocycles. The van der Waals surface area contributed by atoms with Crippen molar-refractivity contribution in [1.82, 2.24) is 9.88 Å². The van der Waals surface area contributed by atoms with Gasteiger partial charge in [0, 0.05) is 55.6 Å². The third-order valence-corrected chi connectivity index (χ3v) is 6.91. The number of pyridine rings is 1. The maximum Gasteiger partial charge on any atom is 0.128 e. The molecule has 1 atom stereocenters. The number of nitrogens with one attached hydrogen (secondary N) is 1. The second kappa shape index (κ2) is 12.1. The summed E-state index contributed by atoms with van der Waals surface area (Å²) in [5, 5.41) is 3.38. The first kappa shape index (κ1) is 26.5. The lowest BCUT2D eigenvalue weighted by molar-refractivity contribution is 0.351. The first-order valence-corrected chi connectivity index (χ1v) is 13.4. The molecule has 0 radical (unpaired) electrons. The van der Waals surface area contributed by atoms with Gasteiger partial charge in [0.05, 0.1) is 17.6 Å². The molecule has 1 saturated heterocycles. The van der Waals surface area contributed by atoms with E-state index in [1.165, 1.54) is 0 Å². The molecule has 4 rings (SSSR count). The van der Waals surface area contributed by atoms with Crippen molar-refractivity contribution in [3.05, 3.63) is 72.1 Å². The Morgan fingerprint density at radius 2 is 1.95 bits per heavy atom. The second-order valence-corrected chi connectivity index (χ2v) is 10.0. The van der Waals surface area contributed by atoms with Crippen LogP contribution in [0.15, 0.2) is 65.9 Å². The number of fused-ring (bicyclic) bond motifs is 1. The van der Waals surface area contributed by atoms with Crippen molar-refractivity contribution in [3.8, 4) is 0 Å². The van der Waals surface area contributed by atoms with Crippen LogP contribution in [0.3, 0.4) is 0 Å². The highest BCUT2D eigenvalue weighted by Crippen LogP contribution is 2.32. The Balaban J connectivity index is 1.49. The molecule has 1 aromatic carbocycles. The molecule has 0 spiro atoms. The summed E-state index contributed by atoms with van der Waals surface area (Å²) in [7, 11) is 0. The number of hydrogen-bond acceptors (Lipinski definition) is 7. The predicted octanol–water partition coefficient (Wildman–Crippen LogP) is 5.50. The zero-order valence-corrected chi connectivity index (χ0v) is 22.3. The van der Waals surface area contributed by atoms with Crippen LogP contribution >= 0.6 is 0 Å². The zero-order chi connectivity index (χ0) is 26.4. The molecule has 2 aromatic rings. The van der Waals surface area contributed by atoms with Gasteiger partial charge in [0.15, 0.2) is 0 Å². The van der Waals surface area contributed by atoms with Crippen molar-refractivity contribution in [2.24, 2.45) is 16.5 Å². The Bertz CT molecular complexity index is 1170. The molecule has 0 saturated carbocycles. The molecule has 5 N–H and O–H groups in total. The summed E-state index contributed by atoms with van der Waals surface area (Å²) in [6, 6.07) is 10.5. The number of piperidine rings is 1. The smallest absolute Gasteiger partial charge is 0.128 e. The number of aromatic nitrogens is 1. The summed E-state index contributed by atoms with van der Waals surface area (Å²) in [6.45, 7) is 16.9. The van der Waals surface area contributed by atoms with Crippen LogP contribution in [0.4, 0.5) is 17.2 Å². The van der Waals surface area contributed by atoms with E-state index in [1.807, 2.05) is 24.4 Å². The fourth-order valence-electron chi connectivity index (χ4n) is 5.00. The predicted molar refractivity (Wildman–Crippen MR) is 158 cm³/mol. The lowest BCUT2D eigenvalue weighted by atomic mass is 10.0. The van der Waals surface area contributed by atoms with Crippen molar-refractivity contribution in [2.75, 3.05) is 36.4 Å². The van der Waals surface area contributed by atoms with Crippen molar-refractivity contribution in [1.29, 1.82) is 0 Å². The van der Waals surface area contributed by atoms with Crippen LogP contribution in [-0.4, -0.2) is 47.9 Å². The standard InChI is InChI=1S/C30H41N7/c1-5-13-36(14-6-2)22(4)25-16-24-10-9-23(17-28(24)35-29(32)18-25)21(3)34-27-11-12-30(33-19-27)37-15-7-8-26(31)20-37/h9-12,16-17,19,26,34H,3-8,13-15,18,20,31H2,1-2H3,(H2,32,35). The quantitative estimate of drug-likeness (QED) is 0.399. The van der Waals surface area contributed by atoms with E-state index in [4.69, 9.17) is 16.5 Å². The molecule has 1 aromatic heterocycles. The Labute approximate surface area is 221 Å². The van der Waals surface area contributed by atoms with Gasteiger partial charge in [0.25, 0.3) is 0 Å². The van der Waals surface area contributed by atoms with Crippen LogP contribution < -0.4 is 21.7 Å². The zero-order valence-electron chi connectivity index (χ0n) is 22.3. The van der Waals surface area contributed by atoms with Crippen LogP contribution in [-0.2, 0) is 0 Å². The fourth-order valence-corrected chi connectivity index (χ4v) is 5.00. The van der Waals surface area contributed by atoms with Gasteiger partial charge in [-0.3, -0.25) is 0 Å². The Morgan fingerprint density at radius 3 is 2.62 bits per heavy atom. The van der Waals surface area contributed by atoms with E-state index >= 15 is 0 Å². The molecule has 1 unspecified atom stereocenters. The van der Waals surface area contributed by atoms with Gasteiger partial charge in [-0.15, -0.1) is 0 Å². The number of amidine groups is 1. The molecule has 196 valence electrons. The third-order valence-electron chi connectivity index (χ3n) is 6.91. The summed E-state index contributed by atoms with van der Waals surface area (Å²) < 4.78 is 0. The van der Waals surface area contributed by atoms with Crippen LogP contribution in [0.2, 0.25) is 0 Å². The highest BCUT2D eigenvalue weighted by Gasteiger charge is 2.19. The van der Waals surface area contributed by atoms with E-state index in [0.29, 0.717) is 12.3 Å². The van der Waals surface area contributed by atoms with Crippen LogP contribution in [0.5, 0.6) is 0 Å². The number of allylic oxidation sites excluding steroid dienone is 1. The molecule has 0 aliphatic carbocycles. The van der Waals surface area contributed by atoms with Gasteiger partial charge in [0.2, 0.25) is 0 Å². The monoisotopic (exact) mass is 499 g/mol. The SMILES string of the molecule is C=C(Nc1ccc(N2CCCC(N)C2)nc1)c1ccc2c(c1)N=C(N)CC(C(=C)N(CCC)CCC)=C2. The minimum atomic E-state index is 0.216. The highest BCUT2D eigenvalue weighted by molar-refractivity contribution is 5.92. The number of anilines is 2. The maximum absolute atomic E-state index is 6.35. The molecule has 0 amide bonds. The van der Waals surface area contributed by atoms with Gasteiger partial charge in [-0.05, 0) is 61.1 Å². The molecule has 0 bridgehead atoms. The van der Waals surface area contributed by atoms with Crippen molar-refractivity contribution in [2.45, 2.75) is 52.0 Å². The van der Waals surface area contributed by atoms with Gasteiger partial charge in [-0.2, -0.15) is 0 Å². The molecule has 2 aliphatic rings. The first-order chi connectivity index (χ1) is 17.9. The van der Waals surface area contributed by atoms with Gasteiger partial charge in [-0.1, -0.05) is 39.1 Å². The van der Waals surface area contributed by atoms with Crippen LogP contribution in [0.25, 0.3) is 11.8 Å². The van der Waals surface area contributed by atoms with E-state index in [1.54, 1.807) is 0 Å².